The van der Waals surface area contributed by atoms with Gasteiger partial charge in [0.15, 0.2) is 0 Å². The molecular formula is C18H20N2O. The van der Waals surface area contributed by atoms with Gasteiger partial charge in [0.25, 0.3) is 0 Å². The average Bonchev–Trinajstić information content (AvgIpc) is 2.99. The molecule has 3 heteroatoms. The number of carbonyl (C=O) groups is 1. The van der Waals surface area contributed by atoms with Gasteiger partial charge in [0.05, 0.1) is 0 Å². The van der Waals surface area contributed by atoms with Crippen molar-refractivity contribution in [2.45, 2.75) is 31.2 Å². The maximum atomic E-state index is 11.8. The van der Waals surface area contributed by atoms with Crippen LogP contribution >= 0.6 is 0 Å². The number of rotatable bonds is 4. The van der Waals surface area contributed by atoms with E-state index in [9.17, 15) is 4.79 Å². The molecule has 1 saturated carbocycles. The average molecular weight is 280 g/mol. The van der Waals surface area contributed by atoms with Crippen LogP contribution in [0.5, 0.6) is 0 Å². The molecule has 3 nitrogen and oxygen atoms in total. The molecule has 3 rings (SSSR count). The molecule has 0 bridgehead atoms. The van der Waals surface area contributed by atoms with Crippen molar-refractivity contribution in [1.82, 2.24) is 0 Å². The second-order valence-corrected chi connectivity index (χ2v) is 5.72. The Labute approximate surface area is 125 Å². The Kier molecular flexibility index (Phi) is 3.65. The molecule has 2 aromatic carbocycles. The molecule has 1 aliphatic carbocycles. The predicted octanol–water partition coefficient (Wildman–Crippen LogP) is 3.56. The van der Waals surface area contributed by atoms with E-state index in [0.717, 1.165) is 31.4 Å². The van der Waals surface area contributed by atoms with Crippen molar-refractivity contribution in [3.8, 4) is 11.1 Å². The summed E-state index contributed by atoms with van der Waals surface area (Å²) in [7, 11) is 0. The monoisotopic (exact) mass is 280 g/mol. The Hall–Kier alpha value is -2.29. The van der Waals surface area contributed by atoms with Crippen molar-refractivity contribution in [2.24, 2.45) is 5.73 Å². The van der Waals surface area contributed by atoms with Gasteiger partial charge in [-0.25, -0.2) is 0 Å². The molecule has 0 saturated heterocycles. The molecule has 0 radical (unpaired) electrons. The smallest absolute Gasteiger partial charge is 0.243 e. The summed E-state index contributed by atoms with van der Waals surface area (Å²) in [6.45, 7) is 0. The minimum absolute atomic E-state index is 0.243. The molecule has 2 aromatic rings. The third-order valence-corrected chi connectivity index (χ3v) is 4.30. The summed E-state index contributed by atoms with van der Waals surface area (Å²) >= 11 is 0. The molecule has 0 aliphatic heterocycles. The third kappa shape index (κ3) is 2.77. The highest BCUT2D eigenvalue weighted by molar-refractivity contribution is 5.88. The van der Waals surface area contributed by atoms with E-state index in [2.05, 4.69) is 29.6 Å². The van der Waals surface area contributed by atoms with Gasteiger partial charge < -0.3 is 11.1 Å². The van der Waals surface area contributed by atoms with Gasteiger partial charge in [-0.3, -0.25) is 4.79 Å². The number of carbonyl (C=O) groups excluding carboxylic acids is 1. The quantitative estimate of drug-likeness (QED) is 0.899. The fraction of sp³-hybridized carbons (Fsp3) is 0.278. The van der Waals surface area contributed by atoms with Crippen molar-refractivity contribution in [3.05, 3.63) is 54.6 Å². The lowest BCUT2D eigenvalue weighted by atomic mass is 9.96. The summed E-state index contributed by atoms with van der Waals surface area (Å²) < 4.78 is 0. The fourth-order valence-corrected chi connectivity index (χ4v) is 3.06. The topological polar surface area (TPSA) is 55.1 Å². The zero-order chi connectivity index (χ0) is 14.7. The van der Waals surface area contributed by atoms with Crippen molar-refractivity contribution >= 4 is 11.6 Å². The van der Waals surface area contributed by atoms with E-state index in [1.54, 1.807) is 0 Å². The van der Waals surface area contributed by atoms with E-state index in [0.29, 0.717) is 0 Å². The Balaban J connectivity index is 1.80. The van der Waals surface area contributed by atoms with E-state index in [4.69, 9.17) is 5.73 Å². The minimum Gasteiger partial charge on any atom is -0.371 e. The van der Waals surface area contributed by atoms with E-state index in [-0.39, 0.29) is 5.91 Å². The fourth-order valence-electron chi connectivity index (χ4n) is 3.06. The van der Waals surface area contributed by atoms with Crippen molar-refractivity contribution in [2.75, 3.05) is 5.32 Å². The standard InChI is InChI=1S/C18H20N2O/c19-17(21)18(12-4-5-13-18)20-16-10-8-15(9-11-16)14-6-2-1-3-7-14/h1-3,6-11,20H,4-5,12-13H2,(H2,19,21). The lowest BCUT2D eigenvalue weighted by Crippen LogP contribution is -2.48. The SMILES string of the molecule is NC(=O)C1(Nc2ccc(-c3ccccc3)cc2)CCCC1. The summed E-state index contributed by atoms with van der Waals surface area (Å²) in [5, 5.41) is 3.36. The molecule has 1 fully saturated rings. The number of primary amides is 1. The van der Waals surface area contributed by atoms with Gasteiger partial charge in [-0.05, 0) is 36.1 Å². The molecule has 0 unspecified atom stereocenters. The number of anilines is 1. The van der Waals surface area contributed by atoms with Crippen LogP contribution in [0.15, 0.2) is 54.6 Å². The van der Waals surface area contributed by atoms with E-state index in [1.165, 1.54) is 11.1 Å². The Morgan fingerprint density at radius 3 is 2.05 bits per heavy atom. The minimum atomic E-state index is -0.561. The number of benzene rings is 2. The van der Waals surface area contributed by atoms with Crippen LogP contribution in [0.2, 0.25) is 0 Å². The Morgan fingerprint density at radius 2 is 1.48 bits per heavy atom. The molecule has 3 N–H and O–H groups in total. The molecule has 0 heterocycles. The normalized spacial score (nSPS) is 16.6. The number of nitrogens with two attached hydrogens (primary N) is 1. The summed E-state index contributed by atoms with van der Waals surface area (Å²) in [5.74, 6) is -0.243. The summed E-state index contributed by atoms with van der Waals surface area (Å²) in [4.78, 5) is 11.8. The third-order valence-electron chi connectivity index (χ3n) is 4.30. The number of nitrogens with one attached hydrogen (secondary N) is 1. The van der Waals surface area contributed by atoms with Crippen LogP contribution in [0, 0.1) is 0 Å². The first-order valence-corrected chi connectivity index (χ1v) is 7.43. The van der Waals surface area contributed by atoms with Crippen LogP contribution in [-0.2, 0) is 4.79 Å². The van der Waals surface area contributed by atoms with Gasteiger partial charge >= 0.3 is 0 Å². The van der Waals surface area contributed by atoms with E-state index >= 15 is 0 Å². The Morgan fingerprint density at radius 1 is 0.905 bits per heavy atom. The van der Waals surface area contributed by atoms with Crippen LogP contribution < -0.4 is 11.1 Å². The van der Waals surface area contributed by atoms with Gasteiger partial charge in [0.2, 0.25) is 5.91 Å². The van der Waals surface area contributed by atoms with Crippen LogP contribution in [0.1, 0.15) is 25.7 Å². The van der Waals surface area contributed by atoms with Crippen LogP contribution in [0.3, 0.4) is 0 Å². The lowest BCUT2D eigenvalue weighted by molar-refractivity contribution is -0.122. The van der Waals surface area contributed by atoms with Crippen molar-refractivity contribution < 1.29 is 4.79 Å². The van der Waals surface area contributed by atoms with E-state index < -0.39 is 5.54 Å². The van der Waals surface area contributed by atoms with Crippen LogP contribution in [0.4, 0.5) is 5.69 Å². The van der Waals surface area contributed by atoms with Gasteiger partial charge in [-0.15, -0.1) is 0 Å². The molecule has 1 amide bonds. The van der Waals surface area contributed by atoms with Gasteiger partial charge in [0, 0.05) is 5.69 Å². The van der Waals surface area contributed by atoms with Gasteiger partial charge in [0.1, 0.15) is 5.54 Å². The molecule has 1 aliphatic rings. The maximum Gasteiger partial charge on any atom is 0.243 e. The number of amides is 1. The highest BCUT2D eigenvalue weighted by Gasteiger charge is 2.39. The number of hydrogen-bond acceptors (Lipinski definition) is 2. The van der Waals surface area contributed by atoms with Crippen LogP contribution in [-0.4, -0.2) is 11.4 Å². The summed E-state index contributed by atoms with van der Waals surface area (Å²) in [6, 6.07) is 18.4. The maximum absolute atomic E-state index is 11.8. The highest BCUT2D eigenvalue weighted by atomic mass is 16.1. The number of hydrogen-bond donors (Lipinski definition) is 2. The van der Waals surface area contributed by atoms with E-state index in [1.807, 2.05) is 30.3 Å². The van der Waals surface area contributed by atoms with Gasteiger partial charge in [-0.2, -0.15) is 0 Å². The molecular weight excluding hydrogens is 260 g/mol. The zero-order valence-electron chi connectivity index (χ0n) is 12.0. The zero-order valence-corrected chi connectivity index (χ0v) is 12.0. The summed E-state index contributed by atoms with van der Waals surface area (Å²) in [5.41, 5.74) is 8.35. The van der Waals surface area contributed by atoms with Crippen molar-refractivity contribution in [3.63, 3.8) is 0 Å². The largest absolute Gasteiger partial charge is 0.371 e. The van der Waals surface area contributed by atoms with Gasteiger partial charge in [-0.1, -0.05) is 55.3 Å². The molecule has 0 aromatic heterocycles. The highest BCUT2D eigenvalue weighted by Crippen LogP contribution is 2.33. The molecule has 21 heavy (non-hydrogen) atoms. The second-order valence-electron chi connectivity index (χ2n) is 5.72. The van der Waals surface area contributed by atoms with Crippen LogP contribution in [0.25, 0.3) is 11.1 Å². The second kappa shape index (κ2) is 5.60. The first-order chi connectivity index (χ1) is 10.2. The lowest BCUT2D eigenvalue weighted by Gasteiger charge is -2.28. The molecule has 0 spiro atoms. The summed E-state index contributed by atoms with van der Waals surface area (Å²) in [6.07, 6.45) is 3.75. The predicted molar refractivity (Wildman–Crippen MR) is 85.9 cm³/mol. The first-order valence-electron chi connectivity index (χ1n) is 7.43. The molecule has 108 valence electrons. The Bertz CT molecular complexity index is 613. The van der Waals surface area contributed by atoms with Crippen molar-refractivity contribution in [1.29, 1.82) is 0 Å². The first kappa shape index (κ1) is 13.7. The molecule has 0 atom stereocenters.